The zero-order valence-electron chi connectivity index (χ0n) is 23.6. The van der Waals surface area contributed by atoms with Crippen LogP contribution >= 0.6 is 0 Å². The van der Waals surface area contributed by atoms with Gasteiger partial charge in [0.1, 0.15) is 18.1 Å². The number of carbonyl (C=O) groups excluding carboxylic acids is 1. The molecule has 0 aliphatic rings. The molecule has 0 saturated carbocycles. The molecule has 4 aromatic carbocycles. The maximum Gasteiger partial charge on any atom is 0.412 e. The van der Waals surface area contributed by atoms with Crippen LogP contribution in [0.2, 0.25) is 0 Å². The van der Waals surface area contributed by atoms with Gasteiger partial charge in [0.15, 0.2) is 0 Å². The molecule has 0 aliphatic heterocycles. The smallest absolute Gasteiger partial charge is 0.412 e. The van der Waals surface area contributed by atoms with Crippen molar-refractivity contribution in [3.63, 3.8) is 0 Å². The van der Waals surface area contributed by atoms with E-state index >= 15 is 0 Å². The van der Waals surface area contributed by atoms with Gasteiger partial charge in [0.2, 0.25) is 0 Å². The van der Waals surface area contributed by atoms with Crippen molar-refractivity contribution in [3.05, 3.63) is 137 Å². The Labute approximate surface area is 238 Å². The Kier molecular flexibility index (Phi) is 10.5. The second-order valence-electron chi connectivity index (χ2n) is 9.92. The number of carbonyl (C=O) groups is 1. The van der Waals surface area contributed by atoms with Gasteiger partial charge < -0.3 is 19.7 Å². The lowest BCUT2D eigenvalue weighted by molar-refractivity contribution is 0.200. The number of allylic oxidation sites excluding steroid dienone is 1. The van der Waals surface area contributed by atoms with Crippen molar-refractivity contribution in [2.75, 3.05) is 27.2 Å². The van der Waals surface area contributed by atoms with Crippen LogP contribution < -0.4 is 14.8 Å². The fraction of sp³-hybridized carbons (Fsp3) is 0.229. The average Bonchev–Trinajstić information content (AvgIpc) is 2.98. The van der Waals surface area contributed by atoms with E-state index in [1.54, 1.807) is 0 Å². The highest BCUT2D eigenvalue weighted by Crippen LogP contribution is 2.32. The van der Waals surface area contributed by atoms with Gasteiger partial charge in [0, 0.05) is 13.1 Å². The van der Waals surface area contributed by atoms with Crippen LogP contribution in [0.3, 0.4) is 0 Å². The first kappa shape index (κ1) is 28.7. The number of hydrogen-bond donors (Lipinski definition) is 1. The predicted octanol–water partition coefficient (Wildman–Crippen LogP) is 7.37. The number of hydrogen-bond acceptors (Lipinski definition) is 4. The molecule has 0 aromatic heterocycles. The van der Waals surface area contributed by atoms with Crippen LogP contribution in [-0.2, 0) is 13.0 Å². The van der Waals surface area contributed by atoms with E-state index in [1.807, 2.05) is 86.9 Å². The molecule has 4 aromatic rings. The summed E-state index contributed by atoms with van der Waals surface area (Å²) in [5.41, 5.74) is 7.01. The SMILES string of the molecule is CC/C(Cc1ccccc1)=C(\c1ccc(OCCN(C)C)cc1)c1ccc(OC(=O)NCc2ccccc2)cc1. The first-order valence-electron chi connectivity index (χ1n) is 13.8. The summed E-state index contributed by atoms with van der Waals surface area (Å²) in [5, 5.41) is 2.81. The van der Waals surface area contributed by atoms with Gasteiger partial charge in [0.25, 0.3) is 0 Å². The molecule has 4 rings (SSSR count). The van der Waals surface area contributed by atoms with Crippen LogP contribution in [0.5, 0.6) is 11.5 Å². The van der Waals surface area contributed by atoms with Crippen LogP contribution in [0.25, 0.3) is 5.57 Å². The second kappa shape index (κ2) is 14.7. The Hall–Kier alpha value is -4.35. The first-order chi connectivity index (χ1) is 19.5. The van der Waals surface area contributed by atoms with E-state index in [0.29, 0.717) is 18.9 Å². The lowest BCUT2D eigenvalue weighted by Crippen LogP contribution is -2.26. The standard InChI is InChI=1S/C35H38N2O3/c1-4-29(25-27-11-7-5-8-12-27)34(30-15-19-32(20-16-30)39-24-23-37(2)3)31-17-21-33(22-18-31)40-35(38)36-26-28-13-9-6-10-14-28/h5-22H,4,23-26H2,1-3H3,(H,36,38)/b34-29-. The van der Waals surface area contributed by atoms with Gasteiger partial charge >= 0.3 is 6.09 Å². The molecule has 0 saturated heterocycles. The van der Waals surface area contributed by atoms with Gasteiger partial charge in [-0.3, -0.25) is 0 Å². The molecule has 5 nitrogen and oxygen atoms in total. The van der Waals surface area contributed by atoms with Gasteiger partial charge in [-0.1, -0.05) is 97.4 Å². The molecule has 0 unspecified atom stereocenters. The third-order valence-electron chi connectivity index (χ3n) is 6.62. The Morgan fingerprint density at radius 2 is 1.27 bits per heavy atom. The van der Waals surface area contributed by atoms with Gasteiger partial charge in [-0.2, -0.15) is 0 Å². The normalized spacial score (nSPS) is 11.6. The lowest BCUT2D eigenvalue weighted by atomic mass is 9.88. The van der Waals surface area contributed by atoms with Gasteiger partial charge in [-0.05, 0) is 79.0 Å². The minimum atomic E-state index is -0.476. The van der Waals surface area contributed by atoms with E-state index in [-0.39, 0.29) is 0 Å². The van der Waals surface area contributed by atoms with Crippen LogP contribution in [0, 0.1) is 0 Å². The molecule has 0 atom stereocenters. The van der Waals surface area contributed by atoms with Crippen molar-refractivity contribution in [3.8, 4) is 11.5 Å². The quantitative estimate of drug-likeness (QED) is 0.206. The Morgan fingerprint density at radius 3 is 1.82 bits per heavy atom. The molecule has 1 N–H and O–H groups in total. The highest BCUT2D eigenvalue weighted by Gasteiger charge is 2.14. The lowest BCUT2D eigenvalue weighted by Gasteiger charge is -2.17. The number of amides is 1. The van der Waals surface area contributed by atoms with E-state index in [4.69, 9.17) is 9.47 Å². The summed E-state index contributed by atoms with van der Waals surface area (Å²) in [5.74, 6) is 1.36. The number of benzene rings is 4. The van der Waals surface area contributed by atoms with E-state index in [9.17, 15) is 4.79 Å². The minimum absolute atomic E-state index is 0.416. The van der Waals surface area contributed by atoms with Crippen molar-refractivity contribution in [1.82, 2.24) is 10.2 Å². The summed E-state index contributed by atoms with van der Waals surface area (Å²) in [4.78, 5) is 14.5. The summed E-state index contributed by atoms with van der Waals surface area (Å²) in [7, 11) is 4.08. The fourth-order valence-corrected chi connectivity index (χ4v) is 4.47. The maximum atomic E-state index is 12.4. The van der Waals surface area contributed by atoms with Crippen LogP contribution in [-0.4, -0.2) is 38.2 Å². The summed E-state index contributed by atoms with van der Waals surface area (Å²) in [6, 6.07) is 36.4. The highest BCUT2D eigenvalue weighted by atomic mass is 16.6. The molecule has 40 heavy (non-hydrogen) atoms. The zero-order chi connectivity index (χ0) is 28.2. The van der Waals surface area contributed by atoms with Crippen LogP contribution in [0.15, 0.2) is 115 Å². The third-order valence-corrected chi connectivity index (χ3v) is 6.62. The van der Waals surface area contributed by atoms with Crippen molar-refractivity contribution in [2.24, 2.45) is 0 Å². The fourth-order valence-electron chi connectivity index (χ4n) is 4.47. The number of likely N-dealkylation sites (N-methyl/N-ethyl adjacent to an activating group) is 1. The van der Waals surface area contributed by atoms with Crippen molar-refractivity contribution < 1.29 is 14.3 Å². The molecule has 0 aliphatic carbocycles. The molecule has 0 fully saturated rings. The Bertz CT molecular complexity index is 1360. The highest BCUT2D eigenvalue weighted by molar-refractivity contribution is 5.83. The molecule has 5 heteroatoms. The van der Waals surface area contributed by atoms with Crippen molar-refractivity contribution in [1.29, 1.82) is 0 Å². The number of nitrogens with zero attached hydrogens (tertiary/aromatic N) is 1. The first-order valence-corrected chi connectivity index (χ1v) is 13.8. The monoisotopic (exact) mass is 534 g/mol. The van der Waals surface area contributed by atoms with Crippen LogP contribution in [0.1, 0.15) is 35.6 Å². The molecular formula is C35H38N2O3. The maximum absolute atomic E-state index is 12.4. The van der Waals surface area contributed by atoms with Gasteiger partial charge in [-0.15, -0.1) is 0 Å². The Balaban J connectivity index is 1.55. The summed E-state index contributed by atoms with van der Waals surface area (Å²) in [6.07, 6.45) is 1.29. The van der Waals surface area contributed by atoms with E-state index in [2.05, 4.69) is 53.5 Å². The van der Waals surface area contributed by atoms with E-state index in [1.165, 1.54) is 16.7 Å². The van der Waals surface area contributed by atoms with Gasteiger partial charge in [-0.25, -0.2) is 4.79 Å². The number of ether oxygens (including phenoxy) is 2. The molecular weight excluding hydrogens is 496 g/mol. The summed E-state index contributed by atoms with van der Waals surface area (Å²) in [6.45, 7) is 4.12. The molecule has 206 valence electrons. The van der Waals surface area contributed by atoms with E-state index in [0.717, 1.165) is 41.8 Å². The topological polar surface area (TPSA) is 50.8 Å². The average molecular weight is 535 g/mol. The van der Waals surface area contributed by atoms with Crippen molar-refractivity contribution in [2.45, 2.75) is 26.3 Å². The van der Waals surface area contributed by atoms with E-state index < -0.39 is 6.09 Å². The van der Waals surface area contributed by atoms with Gasteiger partial charge in [0.05, 0.1) is 0 Å². The number of nitrogens with one attached hydrogen (secondary N) is 1. The molecule has 0 radical (unpaired) electrons. The number of rotatable bonds is 12. The van der Waals surface area contributed by atoms with Crippen molar-refractivity contribution >= 4 is 11.7 Å². The minimum Gasteiger partial charge on any atom is -0.492 e. The third kappa shape index (κ3) is 8.58. The largest absolute Gasteiger partial charge is 0.492 e. The second-order valence-corrected chi connectivity index (χ2v) is 9.92. The summed E-state index contributed by atoms with van der Waals surface area (Å²) >= 11 is 0. The molecule has 1 amide bonds. The predicted molar refractivity (Wildman–Crippen MR) is 163 cm³/mol. The summed E-state index contributed by atoms with van der Waals surface area (Å²) < 4.78 is 11.5. The zero-order valence-corrected chi connectivity index (χ0v) is 23.6. The molecule has 0 bridgehead atoms. The Morgan fingerprint density at radius 1 is 0.725 bits per heavy atom. The molecule has 0 heterocycles. The molecule has 0 spiro atoms. The van der Waals surface area contributed by atoms with Crippen LogP contribution in [0.4, 0.5) is 4.79 Å².